The molecule has 1 N–H and O–H groups in total. The van der Waals surface area contributed by atoms with Gasteiger partial charge in [-0.05, 0) is 44.1 Å². The first-order valence-corrected chi connectivity index (χ1v) is 7.46. The number of rotatable bonds is 3. The van der Waals surface area contributed by atoms with Gasteiger partial charge in [0.1, 0.15) is 11.7 Å². The predicted molar refractivity (Wildman–Crippen MR) is 81.2 cm³/mol. The van der Waals surface area contributed by atoms with Crippen LogP contribution in [0.4, 0.5) is 0 Å². The van der Waals surface area contributed by atoms with Crippen molar-refractivity contribution in [3.05, 3.63) is 29.2 Å². The van der Waals surface area contributed by atoms with Crippen molar-refractivity contribution in [3.63, 3.8) is 0 Å². The Labute approximate surface area is 127 Å². The van der Waals surface area contributed by atoms with Gasteiger partial charge < -0.3 is 4.90 Å². The van der Waals surface area contributed by atoms with Crippen molar-refractivity contribution >= 4 is 18.1 Å². The average Bonchev–Trinajstić information content (AvgIpc) is 3.16. The van der Waals surface area contributed by atoms with E-state index in [-0.39, 0.29) is 11.9 Å². The maximum absolute atomic E-state index is 12.6. The fourth-order valence-electron chi connectivity index (χ4n) is 2.65. The summed E-state index contributed by atoms with van der Waals surface area (Å²) in [7, 11) is 0. The molecule has 1 aliphatic heterocycles. The molecular formula is C14H17N5OS. The predicted octanol–water partition coefficient (Wildman–Crippen LogP) is 2.19. The first-order valence-electron chi connectivity index (χ1n) is 7.05. The maximum atomic E-state index is 12.6. The van der Waals surface area contributed by atoms with Gasteiger partial charge in [-0.1, -0.05) is 6.07 Å². The first kappa shape index (κ1) is 13.9. The van der Waals surface area contributed by atoms with Crippen LogP contribution in [0.2, 0.25) is 0 Å². The van der Waals surface area contributed by atoms with Gasteiger partial charge in [-0.2, -0.15) is 5.10 Å². The van der Waals surface area contributed by atoms with Crippen LogP contribution >= 0.6 is 12.2 Å². The molecule has 3 heterocycles. The fourth-order valence-corrected chi connectivity index (χ4v) is 2.94. The molecule has 1 aliphatic rings. The number of H-pyrrole nitrogens is 1. The second-order valence-corrected chi connectivity index (χ2v) is 5.53. The number of likely N-dealkylation sites (tertiary alicyclic amines) is 1. The van der Waals surface area contributed by atoms with Crippen LogP contribution in [-0.2, 0) is 4.79 Å². The molecule has 0 bridgehead atoms. The number of amides is 1. The largest absolute Gasteiger partial charge is 0.341 e. The van der Waals surface area contributed by atoms with Gasteiger partial charge in [0.05, 0.1) is 0 Å². The van der Waals surface area contributed by atoms with Crippen molar-refractivity contribution < 1.29 is 4.79 Å². The van der Waals surface area contributed by atoms with Gasteiger partial charge in [-0.15, -0.1) is 0 Å². The summed E-state index contributed by atoms with van der Waals surface area (Å²) in [5, 5.41) is 7.00. The van der Waals surface area contributed by atoms with E-state index in [9.17, 15) is 4.79 Å². The Morgan fingerprint density at radius 2 is 2.14 bits per heavy atom. The van der Waals surface area contributed by atoms with Crippen LogP contribution in [0.15, 0.2) is 24.4 Å². The summed E-state index contributed by atoms with van der Waals surface area (Å²) >= 11 is 5.29. The molecule has 1 saturated heterocycles. The van der Waals surface area contributed by atoms with E-state index in [1.165, 1.54) is 0 Å². The molecule has 1 amide bonds. The van der Waals surface area contributed by atoms with Crippen LogP contribution in [0, 0.1) is 4.77 Å². The van der Waals surface area contributed by atoms with Crippen molar-refractivity contribution in [1.82, 2.24) is 24.6 Å². The highest BCUT2D eigenvalue weighted by atomic mass is 32.1. The highest BCUT2D eigenvalue weighted by molar-refractivity contribution is 7.71. The molecule has 21 heavy (non-hydrogen) atoms. The molecule has 7 heteroatoms. The number of pyridine rings is 1. The number of hydrogen-bond acceptors (Lipinski definition) is 4. The second kappa shape index (κ2) is 5.77. The summed E-state index contributed by atoms with van der Waals surface area (Å²) in [5.41, 5.74) is 0.700. The van der Waals surface area contributed by atoms with Crippen LogP contribution < -0.4 is 0 Å². The van der Waals surface area contributed by atoms with Gasteiger partial charge in [0.15, 0.2) is 10.6 Å². The Morgan fingerprint density at radius 1 is 1.38 bits per heavy atom. The van der Waals surface area contributed by atoms with Crippen molar-refractivity contribution in [2.75, 3.05) is 13.1 Å². The molecule has 0 spiro atoms. The minimum atomic E-state index is -0.383. The van der Waals surface area contributed by atoms with Crippen LogP contribution in [0.5, 0.6) is 0 Å². The summed E-state index contributed by atoms with van der Waals surface area (Å²) in [6, 6.07) is 5.20. The molecule has 0 aliphatic carbocycles. The first-order chi connectivity index (χ1) is 10.2. The third kappa shape index (κ3) is 2.61. The average molecular weight is 303 g/mol. The van der Waals surface area contributed by atoms with E-state index in [2.05, 4.69) is 15.2 Å². The lowest BCUT2D eigenvalue weighted by molar-refractivity contribution is -0.133. The molecule has 1 fully saturated rings. The number of aromatic nitrogens is 4. The zero-order chi connectivity index (χ0) is 14.8. The van der Waals surface area contributed by atoms with Crippen molar-refractivity contribution in [2.24, 2.45) is 0 Å². The standard InChI is InChI=1S/C14H17N5OS/c1-10(13(20)18-8-4-5-9-18)19-12(16-17-14(19)21)11-6-2-3-7-15-11/h2-3,6-7,10H,4-5,8-9H2,1H3,(H,17,21). The van der Waals surface area contributed by atoms with Gasteiger partial charge >= 0.3 is 0 Å². The fraction of sp³-hybridized carbons (Fsp3) is 0.429. The summed E-state index contributed by atoms with van der Waals surface area (Å²) < 4.78 is 2.19. The quantitative estimate of drug-likeness (QED) is 0.883. The molecule has 6 nitrogen and oxygen atoms in total. The third-order valence-corrected chi connectivity index (χ3v) is 4.05. The van der Waals surface area contributed by atoms with E-state index in [0.29, 0.717) is 16.3 Å². The number of nitrogens with zero attached hydrogens (tertiary/aromatic N) is 4. The Hall–Kier alpha value is -2.02. The Morgan fingerprint density at radius 3 is 2.81 bits per heavy atom. The molecule has 1 unspecified atom stereocenters. The number of carbonyl (C=O) groups excluding carboxylic acids is 1. The molecule has 1 atom stereocenters. The second-order valence-electron chi connectivity index (χ2n) is 5.15. The summed E-state index contributed by atoms with van der Waals surface area (Å²) in [4.78, 5) is 18.8. The number of carbonyl (C=O) groups is 1. The van der Waals surface area contributed by atoms with Crippen molar-refractivity contribution in [2.45, 2.75) is 25.8 Å². The van der Waals surface area contributed by atoms with Gasteiger partial charge in [0.2, 0.25) is 5.91 Å². The lowest BCUT2D eigenvalue weighted by Gasteiger charge is -2.21. The third-order valence-electron chi connectivity index (χ3n) is 3.76. The highest BCUT2D eigenvalue weighted by Crippen LogP contribution is 2.22. The zero-order valence-corrected chi connectivity index (χ0v) is 12.6. The van der Waals surface area contributed by atoms with Crippen LogP contribution in [0.25, 0.3) is 11.5 Å². The van der Waals surface area contributed by atoms with Crippen molar-refractivity contribution in [1.29, 1.82) is 0 Å². The minimum absolute atomic E-state index is 0.0854. The zero-order valence-electron chi connectivity index (χ0n) is 11.8. The van der Waals surface area contributed by atoms with Crippen LogP contribution in [0.1, 0.15) is 25.8 Å². The van der Waals surface area contributed by atoms with E-state index < -0.39 is 0 Å². The van der Waals surface area contributed by atoms with Gasteiger partial charge in [-0.25, -0.2) is 0 Å². The lowest BCUT2D eigenvalue weighted by Crippen LogP contribution is -2.34. The molecule has 110 valence electrons. The number of aromatic amines is 1. The summed E-state index contributed by atoms with van der Waals surface area (Å²) in [6.07, 6.45) is 3.84. The Balaban J connectivity index is 1.96. The molecule has 2 aromatic rings. The van der Waals surface area contributed by atoms with Gasteiger partial charge in [0.25, 0.3) is 0 Å². The molecule has 0 saturated carbocycles. The maximum Gasteiger partial charge on any atom is 0.245 e. The van der Waals surface area contributed by atoms with Crippen LogP contribution in [-0.4, -0.2) is 43.6 Å². The topological polar surface area (TPSA) is 66.8 Å². The molecule has 2 aromatic heterocycles. The Bertz CT molecular complexity index is 687. The van der Waals surface area contributed by atoms with E-state index in [1.807, 2.05) is 30.0 Å². The minimum Gasteiger partial charge on any atom is -0.341 e. The molecule has 0 radical (unpaired) electrons. The highest BCUT2D eigenvalue weighted by Gasteiger charge is 2.27. The number of hydrogen-bond donors (Lipinski definition) is 1. The molecular weight excluding hydrogens is 286 g/mol. The number of nitrogens with one attached hydrogen (secondary N) is 1. The van der Waals surface area contributed by atoms with Crippen LogP contribution in [0.3, 0.4) is 0 Å². The van der Waals surface area contributed by atoms with Gasteiger partial charge in [-0.3, -0.25) is 19.4 Å². The van der Waals surface area contributed by atoms with E-state index in [4.69, 9.17) is 12.2 Å². The normalized spacial score (nSPS) is 16.1. The Kier molecular flexibility index (Phi) is 3.83. The van der Waals surface area contributed by atoms with E-state index in [1.54, 1.807) is 10.8 Å². The smallest absolute Gasteiger partial charge is 0.245 e. The lowest BCUT2D eigenvalue weighted by atomic mass is 10.2. The SMILES string of the molecule is CC(C(=O)N1CCCC1)n1c(-c2ccccn2)n[nH]c1=S. The molecule has 0 aromatic carbocycles. The van der Waals surface area contributed by atoms with E-state index in [0.717, 1.165) is 25.9 Å². The monoisotopic (exact) mass is 303 g/mol. The van der Waals surface area contributed by atoms with Gasteiger partial charge in [0, 0.05) is 19.3 Å². The molecule has 3 rings (SSSR count). The van der Waals surface area contributed by atoms with E-state index >= 15 is 0 Å². The summed E-state index contributed by atoms with van der Waals surface area (Å²) in [5.74, 6) is 0.683. The summed E-state index contributed by atoms with van der Waals surface area (Å²) in [6.45, 7) is 3.51. The van der Waals surface area contributed by atoms with Crippen molar-refractivity contribution in [3.8, 4) is 11.5 Å².